The summed E-state index contributed by atoms with van der Waals surface area (Å²) < 4.78 is 0. The van der Waals surface area contributed by atoms with Crippen LogP contribution in [0.4, 0.5) is 0 Å². The molecule has 0 atom stereocenters. The summed E-state index contributed by atoms with van der Waals surface area (Å²) in [5.41, 5.74) is 0. The fourth-order valence-electron chi connectivity index (χ4n) is 0.256. The Labute approximate surface area is 53.0 Å². The van der Waals surface area contributed by atoms with Crippen LogP contribution in [0, 0.1) is 0 Å². The molecule has 0 saturated carbocycles. The zero-order valence-corrected chi connectivity index (χ0v) is 5.18. The first-order chi connectivity index (χ1) is 4.16. The van der Waals surface area contributed by atoms with Crippen molar-refractivity contribution in [3.63, 3.8) is 0 Å². The van der Waals surface area contributed by atoms with Crippen molar-refractivity contribution in [3.8, 4) is 0 Å². The monoisotopic (exact) mass is 128 g/mol. The van der Waals surface area contributed by atoms with Gasteiger partial charge >= 0.3 is 0 Å². The van der Waals surface area contributed by atoms with E-state index in [1.165, 1.54) is 6.92 Å². The minimum atomic E-state index is -0.426. The van der Waals surface area contributed by atoms with Gasteiger partial charge in [0.2, 0.25) is 5.91 Å². The van der Waals surface area contributed by atoms with Gasteiger partial charge in [-0.15, -0.1) is 0 Å². The standard InChI is InChI=1S/C5H8N2O2/c1-4(8)7-3-5(9)6-2/h2-3H2,1H3,(H,7,8). The van der Waals surface area contributed by atoms with E-state index >= 15 is 0 Å². The molecular formula is C5H8N2O2. The van der Waals surface area contributed by atoms with E-state index in [1.807, 2.05) is 0 Å². The van der Waals surface area contributed by atoms with E-state index in [4.69, 9.17) is 0 Å². The van der Waals surface area contributed by atoms with Crippen LogP contribution in [0.3, 0.4) is 0 Å². The third-order valence-electron chi connectivity index (χ3n) is 0.665. The van der Waals surface area contributed by atoms with Gasteiger partial charge in [-0.1, -0.05) is 0 Å². The first kappa shape index (κ1) is 7.81. The molecule has 0 spiro atoms. The van der Waals surface area contributed by atoms with Crippen molar-refractivity contribution >= 4 is 18.5 Å². The quantitative estimate of drug-likeness (QED) is 0.502. The number of aliphatic imine (C=N–C) groups is 1. The molecule has 0 heterocycles. The Morgan fingerprint density at radius 3 is 2.56 bits per heavy atom. The minimum Gasteiger partial charge on any atom is -0.347 e. The van der Waals surface area contributed by atoms with E-state index in [2.05, 4.69) is 17.0 Å². The average molecular weight is 128 g/mol. The largest absolute Gasteiger partial charge is 0.347 e. The maximum absolute atomic E-state index is 10.3. The minimum absolute atomic E-state index is 0.0567. The summed E-state index contributed by atoms with van der Waals surface area (Å²) in [4.78, 5) is 23.5. The third-order valence-corrected chi connectivity index (χ3v) is 0.665. The highest BCUT2D eigenvalue weighted by atomic mass is 16.2. The van der Waals surface area contributed by atoms with E-state index in [1.54, 1.807) is 0 Å². The van der Waals surface area contributed by atoms with Gasteiger partial charge in [0, 0.05) is 6.92 Å². The lowest BCUT2D eigenvalue weighted by Crippen LogP contribution is -2.25. The molecule has 0 aliphatic rings. The molecule has 0 aromatic heterocycles. The predicted molar refractivity (Wildman–Crippen MR) is 33.2 cm³/mol. The van der Waals surface area contributed by atoms with Crippen LogP contribution in [0.2, 0.25) is 0 Å². The molecule has 0 aliphatic carbocycles. The predicted octanol–water partition coefficient (Wildman–Crippen LogP) is -0.650. The van der Waals surface area contributed by atoms with Gasteiger partial charge in [0.05, 0.1) is 6.54 Å². The molecule has 0 rings (SSSR count). The summed E-state index contributed by atoms with van der Waals surface area (Å²) in [7, 11) is 0. The van der Waals surface area contributed by atoms with Crippen LogP contribution in [0.25, 0.3) is 0 Å². The van der Waals surface area contributed by atoms with Crippen LogP contribution < -0.4 is 5.32 Å². The maximum atomic E-state index is 10.3. The van der Waals surface area contributed by atoms with Crippen molar-refractivity contribution < 1.29 is 9.59 Å². The SMILES string of the molecule is C=NC(=O)CNC(C)=O. The molecule has 1 N–H and O–H groups in total. The summed E-state index contributed by atoms with van der Waals surface area (Å²) in [6, 6.07) is 0. The Morgan fingerprint density at radius 1 is 1.67 bits per heavy atom. The maximum Gasteiger partial charge on any atom is 0.264 e. The molecule has 0 aliphatic heterocycles. The fourth-order valence-corrected chi connectivity index (χ4v) is 0.256. The van der Waals surface area contributed by atoms with Crippen molar-refractivity contribution in [3.05, 3.63) is 0 Å². The molecule has 4 heteroatoms. The van der Waals surface area contributed by atoms with E-state index in [0.29, 0.717) is 0 Å². The van der Waals surface area contributed by atoms with E-state index in [-0.39, 0.29) is 12.5 Å². The number of carbonyl (C=O) groups excluding carboxylic acids is 2. The summed E-state index contributed by atoms with van der Waals surface area (Å²) in [5.74, 6) is -0.669. The molecular weight excluding hydrogens is 120 g/mol. The molecule has 50 valence electrons. The number of hydrogen-bond acceptors (Lipinski definition) is 2. The zero-order chi connectivity index (χ0) is 7.28. The van der Waals surface area contributed by atoms with Gasteiger partial charge in [-0.25, -0.2) is 4.99 Å². The second kappa shape index (κ2) is 3.77. The summed E-state index contributed by atoms with van der Waals surface area (Å²) in [6.45, 7) is 4.26. The second-order valence-corrected chi connectivity index (χ2v) is 1.46. The molecule has 0 saturated heterocycles. The highest BCUT2D eigenvalue weighted by molar-refractivity contribution is 5.86. The van der Waals surface area contributed by atoms with Crippen molar-refractivity contribution in [1.82, 2.24) is 5.32 Å². The van der Waals surface area contributed by atoms with Gasteiger partial charge in [0.25, 0.3) is 5.91 Å². The molecule has 0 bridgehead atoms. The molecule has 2 amide bonds. The van der Waals surface area contributed by atoms with Crippen molar-refractivity contribution in [2.75, 3.05) is 6.54 Å². The second-order valence-electron chi connectivity index (χ2n) is 1.46. The number of rotatable bonds is 2. The zero-order valence-electron chi connectivity index (χ0n) is 5.18. The molecule has 0 aromatic carbocycles. The lowest BCUT2D eigenvalue weighted by Gasteiger charge is -1.93. The molecule has 4 nitrogen and oxygen atoms in total. The Kier molecular flexibility index (Phi) is 3.27. The number of nitrogens with one attached hydrogen (secondary N) is 1. The van der Waals surface area contributed by atoms with Crippen LogP contribution in [0.5, 0.6) is 0 Å². The highest BCUT2D eigenvalue weighted by Crippen LogP contribution is 1.68. The van der Waals surface area contributed by atoms with Crippen LogP contribution >= 0.6 is 0 Å². The van der Waals surface area contributed by atoms with E-state index in [9.17, 15) is 9.59 Å². The molecule has 0 fully saturated rings. The first-order valence-corrected chi connectivity index (χ1v) is 2.41. The van der Waals surface area contributed by atoms with Gasteiger partial charge in [0.15, 0.2) is 0 Å². The average Bonchev–Trinajstić information content (AvgIpc) is 1.83. The number of hydrogen-bond donors (Lipinski definition) is 1. The lowest BCUT2D eigenvalue weighted by atomic mass is 10.6. The summed E-state index contributed by atoms with van der Waals surface area (Å²) in [6.07, 6.45) is 0. The Balaban J connectivity index is 3.39. The van der Waals surface area contributed by atoms with Crippen molar-refractivity contribution in [1.29, 1.82) is 0 Å². The molecule has 9 heavy (non-hydrogen) atoms. The number of carbonyl (C=O) groups is 2. The van der Waals surface area contributed by atoms with E-state index < -0.39 is 5.91 Å². The number of nitrogens with zero attached hydrogens (tertiary/aromatic N) is 1. The van der Waals surface area contributed by atoms with E-state index in [0.717, 1.165) is 0 Å². The van der Waals surface area contributed by atoms with Crippen LogP contribution in [0.1, 0.15) is 6.92 Å². The Hall–Kier alpha value is -1.19. The van der Waals surface area contributed by atoms with Gasteiger partial charge in [-0.3, -0.25) is 9.59 Å². The molecule has 0 unspecified atom stereocenters. The Bertz CT molecular complexity index is 142. The normalized spacial score (nSPS) is 8.11. The Morgan fingerprint density at radius 2 is 2.22 bits per heavy atom. The lowest BCUT2D eigenvalue weighted by molar-refractivity contribution is -0.123. The summed E-state index contributed by atoms with van der Waals surface area (Å²) >= 11 is 0. The van der Waals surface area contributed by atoms with Crippen LogP contribution in [-0.2, 0) is 9.59 Å². The smallest absolute Gasteiger partial charge is 0.264 e. The van der Waals surface area contributed by atoms with Crippen molar-refractivity contribution in [2.45, 2.75) is 6.92 Å². The van der Waals surface area contributed by atoms with Crippen molar-refractivity contribution in [2.24, 2.45) is 4.99 Å². The summed E-state index contributed by atoms with van der Waals surface area (Å²) in [5, 5.41) is 2.27. The van der Waals surface area contributed by atoms with Gasteiger partial charge in [0.1, 0.15) is 0 Å². The van der Waals surface area contributed by atoms with Gasteiger partial charge in [-0.2, -0.15) is 0 Å². The highest BCUT2D eigenvalue weighted by Gasteiger charge is 1.95. The topological polar surface area (TPSA) is 58.5 Å². The van der Waals surface area contributed by atoms with Crippen LogP contribution in [-0.4, -0.2) is 25.1 Å². The third kappa shape index (κ3) is 4.67. The fraction of sp³-hybridized carbons (Fsp3) is 0.400. The van der Waals surface area contributed by atoms with Gasteiger partial charge < -0.3 is 5.32 Å². The molecule has 0 aromatic rings. The first-order valence-electron chi connectivity index (χ1n) is 2.41. The van der Waals surface area contributed by atoms with Gasteiger partial charge in [-0.05, 0) is 6.72 Å². The number of amides is 2. The molecule has 0 radical (unpaired) electrons. The van der Waals surface area contributed by atoms with Crippen LogP contribution in [0.15, 0.2) is 4.99 Å².